The summed E-state index contributed by atoms with van der Waals surface area (Å²) in [7, 11) is 1.49. The lowest BCUT2D eigenvalue weighted by atomic mass is 10.2. The number of nitrogens with one attached hydrogen (secondary N) is 1. The van der Waals surface area contributed by atoms with Gasteiger partial charge in [-0.05, 0) is 49.7 Å². The van der Waals surface area contributed by atoms with Gasteiger partial charge in [0.15, 0.2) is 29.6 Å². The maximum atomic E-state index is 12.4. The molecule has 0 saturated heterocycles. The predicted molar refractivity (Wildman–Crippen MR) is 115 cm³/mol. The number of aliphatic carboxylic acids is 1. The van der Waals surface area contributed by atoms with Crippen LogP contribution in [0, 0.1) is 0 Å². The van der Waals surface area contributed by atoms with Crippen LogP contribution >= 0.6 is 11.6 Å². The van der Waals surface area contributed by atoms with Gasteiger partial charge in [-0.1, -0.05) is 11.6 Å². The molecule has 0 unspecified atom stereocenters. The number of ether oxygens (including phenoxy) is 4. The molecule has 2 aromatic rings. The van der Waals surface area contributed by atoms with Gasteiger partial charge in [-0.15, -0.1) is 0 Å². The molecule has 31 heavy (non-hydrogen) atoms. The third-order valence-corrected chi connectivity index (χ3v) is 4.06. The van der Waals surface area contributed by atoms with Gasteiger partial charge in [0, 0.05) is 5.56 Å². The summed E-state index contributed by atoms with van der Waals surface area (Å²) in [6.07, 6.45) is 1.37. The van der Waals surface area contributed by atoms with Gasteiger partial charge < -0.3 is 24.1 Å². The first-order valence-electron chi connectivity index (χ1n) is 9.34. The number of rotatable bonds is 11. The summed E-state index contributed by atoms with van der Waals surface area (Å²) >= 11 is 6.19. The third-order valence-electron chi connectivity index (χ3n) is 3.78. The molecule has 0 aromatic heterocycles. The van der Waals surface area contributed by atoms with Crippen LogP contribution in [0.5, 0.6) is 23.0 Å². The highest BCUT2D eigenvalue weighted by Gasteiger charge is 2.14. The second kappa shape index (κ2) is 11.7. The van der Waals surface area contributed by atoms with E-state index in [-0.39, 0.29) is 16.5 Å². The minimum atomic E-state index is -1.14. The Hall–Kier alpha value is -3.46. The van der Waals surface area contributed by atoms with Crippen molar-refractivity contribution in [2.75, 3.05) is 26.9 Å². The predicted octanol–water partition coefficient (Wildman–Crippen LogP) is 3.37. The number of carboxylic acids is 1. The van der Waals surface area contributed by atoms with Gasteiger partial charge >= 0.3 is 5.97 Å². The number of carbonyl (C=O) groups is 2. The lowest BCUT2D eigenvalue weighted by Crippen LogP contribution is -2.17. The Bertz CT molecular complexity index is 963. The van der Waals surface area contributed by atoms with Crippen LogP contribution in [0.2, 0.25) is 5.02 Å². The Morgan fingerprint density at radius 2 is 1.77 bits per heavy atom. The molecule has 0 fully saturated rings. The number of carboxylic acid groups (broad SMARTS) is 1. The van der Waals surface area contributed by atoms with Gasteiger partial charge in [-0.2, -0.15) is 5.10 Å². The number of halogens is 1. The van der Waals surface area contributed by atoms with Gasteiger partial charge in [0.05, 0.1) is 31.6 Å². The first-order valence-corrected chi connectivity index (χ1v) is 9.72. The van der Waals surface area contributed by atoms with E-state index < -0.39 is 18.5 Å². The largest absolute Gasteiger partial charge is 0.493 e. The first-order chi connectivity index (χ1) is 14.9. The van der Waals surface area contributed by atoms with Crippen LogP contribution in [0.15, 0.2) is 35.4 Å². The van der Waals surface area contributed by atoms with Crippen molar-refractivity contribution in [2.24, 2.45) is 5.10 Å². The number of methoxy groups -OCH3 is 1. The number of hydrazone groups is 1. The van der Waals surface area contributed by atoms with E-state index in [1.165, 1.54) is 19.4 Å². The van der Waals surface area contributed by atoms with E-state index in [1.54, 1.807) is 31.2 Å². The zero-order chi connectivity index (χ0) is 22.8. The molecule has 0 heterocycles. The fraction of sp³-hybridized carbons (Fsp3) is 0.286. The topological polar surface area (TPSA) is 116 Å². The van der Waals surface area contributed by atoms with Crippen molar-refractivity contribution >= 4 is 29.7 Å². The average molecular weight is 451 g/mol. The normalized spacial score (nSPS) is 10.6. The maximum absolute atomic E-state index is 12.4. The number of amides is 1. The molecule has 9 nitrogen and oxygen atoms in total. The summed E-state index contributed by atoms with van der Waals surface area (Å²) in [5.74, 6) is -0.237. The van der Waals surface area contributed by atoms with Gasteiger partial charge in [-0.25, -0.2) is 10.2 Å². The summed E-state index contributed by atoms with van der Waals surface area (Å²) in [6, 6.07) is 7.87. The maximum Gasteiger partial charge on any atom is 0.341 e. The van der Waals surface area contributed by atoms with Gasteiger partial charge in [0.25, 0.3) is 5.91 Å². The number of hydrogen-bond acceptors (Lipinski definition) is 7. The Morgan fingerprint density at radius 3 is 2.42 bits per heavy atom. The summed E-state index contributed by atoms with van der Waals surface area (Å²) in [5, 5.41) is 12.9. The molecule has 2 rings (SSSR count). The van der Waals surface area contributed by atoms with E-state index in [0.29, 0.717) is 35.8 Å². The number of nitrogens with zero attached hydrogens (tertiary/aromatic N) is 1. The van der Waals surface area contributed by atoms with Crippen LogP contribution in [-0.4, -0.2) is 50.1 Å². The molecule has 0 saturated carbocycles. The standard InChI is InChI=1S/C21H23ClN2O7/c1-4-29-16-7-6-14(10-17(16)28-3)21(27)24-23-11-13-8-15(22)20(31-12-19(25)26)18(9-13)30-5-2/h6-11H,4-5,12H2,1-3H3,(H,24,27)(H,25,26)/b23-11+. The molecule has 0 aliphatic rings. The molecule has 2 N–H and O–H groups in total. The summed E-state index contributed by atoms with van der Waals surface area (Å²) in [6.45, 7) is 3.84. The molecule has 166 valence electrons. The number of hydrogen-bond donors (Lipinski definition) is 2. The third kappa shape index (κ3) is 6.78. The first kappa shape index (κ1) is 23.8. The van der Waals surface area contributed by atoms with Crippen molar-refractivity contribution in [3.8, 4) is 23.0 Å². The number of benzene rings is 2. The van der Waals surface area contributed by atoms with E-state index in [2.05, 4.69) is 10.5 Å². The van der Waals surface area contributed by atoms with Crippen molar-refractivity contribution in [1.82, 2.24) is 5.43 Å². The molecular weight excluding hydrogens is 428 g/mol. The van der Waals surface area contributed by atoms with Gasteiger partial charge in [0.2, 0.25) is 0 Å². The van der Waals surface area contributed by atoms with E-state index >= 15 is 0 Å². The highest BCUT2D eigenvalue weighted by Crippen LogP contribution is 2.36. The molecule has 2 aromatic carbocycles. The van der Waals surface area contributed by atoms with E-state index in [4.69, 9.17) is 35.7 Å². The average Bonchev–Trinajstić information content (AvgIpc) is 2.73. The van der Waals surface area contributed by atoms with Crippen molar-refractivity contribution in [1.29, 1.82) is 0 Å². The highest BCUT2D eigenvalue weighted by atomic mass is 35.5. The number of carbonyl (C=O) groups excluding carboxylic acids is 1. The van der Waals surface area contributed by atoms with Crippen molar-refractivity contribution in [3.63, 3.8) is 0 Å². The molecule has 0 radical (unpaired) electrons. The van der Waals surface area contributed by atoms with E-state index in [1.807, 2.05) is 6.92 Å². The molecular formula is C21H23ClN2O7. The van der Waals surface area contributed by atoms with Crippen LogP contribution in [0.25, 0.3) is 0 Å². The van der Waals surface area contributed by atoms with Gasteiger partial charge in [0.1, 0.15) is 0 Å². The minimum Gasteiger partial charge on any atom is -0.493 e. The fourth-order valence-corrected chi connectivity index (χ4v) is 2.79. The second-order valence-electron chi connectivity index (χ2n) is 5.94. The Morgan fingerprint density at radius 1 is 1.06 bits per heavy atom. The zero-order valence-corrected chi connectivity index (χ0v) is 18.1. The Balaban J connectivity index is 2.14. The van der Waals surface area contributed by atoms with Gasteiger partial charge in [-0.3, -0.25) is 4.79 Å². The molecule has 10 heteroatoms. The van der Waals surface area contributed by atoms with Crippen LogP contribution in [0.3, 0.4) is 0 Å². The van der Waals surface area contributed by atoms with E-state index in [0.717, 1.165) is 0 Å². The van der Waals surface area contributed by atoms with Crippen molar-refractivity contribution in [2.45, 2.75) is 13.8 Å². The van der Waals surface area contributed by atoms with Crippen LogP contribution in [0.1, 0.15) is 29.8 Å². The molecule has 0 aliphatic heterocycles. The quantitative estimate of drug-likeness (QED) is 0.398. The lowest BCUT2D eigenvalue weighted by Gasteiger charge is -2.13. The summed E-state index contributed by atoms with van der Waals surface area (Å²) in [4.78, 5) is 23.1. The SMILES string of the molecule is CCOc1ccc(C(=O)N/N=C/c2cc(Cl)c(OCC(=O)O)c(OCC)c2)cc1OC. The Kier molecular flexibility index (Phi) is 8.95. The fourth-order valence-electron chi connectivity index (χ4n) is 2.51. The minimum absolute atomic E-state index is 0.119. The lowest BCUT2D eigenvalue weighted by molar-refractivity contribution is -0.139. The van der Waals surface area contributed by atoms with Crippen LogP contribution in [0.4, 0.5) is 0 Å². The summed E-state index contributed by atoms with van der Waals surface area (Å²) in [5.41, 5.74) is 3.27. The zero-order valence-electron chi connectivity index (χ0n) is 17.3. The smallest absolute Gasteiger partial charge is 0.341 e. The van der Waals surface area contributed by atoms with Crippen LogP contribution < -0.4 is 24.4 Å². The van der Waals surface area contributed by atoms with Crippen LogP contribution in [-0.2, 0) is 4.79 Å². The Labute approximate surface area is 184 Å². The molecule has 0 aliphatic carbocycles. The monoisotopic (exact) mass is 450 g/mol. The molecule has 1 amide bonds. The summed E-state index contributed by atoms with van der Waals surface area (Å²) < 4.78 is 21.3. The molecule has 0 spiro atoms. The molecule has 0 atom stereocenters. The molecule has 0 bridgehead atoms. The highest BCUT2D eigenvalue weighted by molar-refractivity contribution is 6.32. The van der Waals surface area contributed by atoms with Crippen molar-refractivity contribution < 1.29 is 33.6 Å². The van der Waals surface area contributed by atoms with Crippen molar-refractivity contribution in [3.05, 3.63) is 46.5 Å². The van der Waals surface area contributed by atoms with E-state index in [9.17, 15) is 9.59 Å². The second-order valence-corrected chi connectivity index (χ2v) is 6.35.